The number of hydrogen-bond donors (Lipinski definition) is 2. The van der Waals surface area contributed by atoms with E-state index in [1.807, 2.05) is 0 Å². The Balaban J connectivity index is 2.10. The average molecular weight is 280 g/mol. The minimum Gasteiger partial charge on any atom is -0.466 e. The first-order valence-corrected chi connectivity index (χ1v) is 5.97. The molecule has 2 N–H and O–H groups in total. The van der Waals surface area contributed by atoms with Gasteiger partial charge in [-0.3, -0.25) is 4.79 Å². The summed E-state index contributed by atoms with van der Waals surface area (Å²) >= 11 is 0. The van der Waals surface area contributed by atoms with Gasteiger partial charge in [-0.25, -0.2) is 9.59 Å². The summed E-state index contributed by atoms with van der Waals surface area (Å²) in [6.07, 6.45) is 5.70. The minimum atomic E-state index is -0.632. The molecule has 0 atom stereocenters. The first-order valence-electron chi connectivity index (χ1n) is 5.97. The Morgan fingerprint density at radius 1 is 1.30 bits per heavy atom. The first kappa shape index (κ1) is 15.5. The molecular formula is C13H16N2O5. The van der Waals surface area contributed by atoms with Crippen LogP contribution in [-0.4, -0.2) is 43.1 Å². The second-order valence-electron chi connectivity index (χ2n) is 3.73. The van der Waals surface area contributed by atoms with Gasteiger partial charge < -0.3 is 19.8 Å². The van der Waals surface area contributed by atoms with Crippen molar-refractivity contribution in [2.24, 2.45) is 0 Å². The number of carbonyl (C=O) groups excluding carboxylic acids is 3. The highest BCUT2D eigenvalue weighted by Gasteiger charge is 2.04. The summed E-state index contributed by atoms with van der Waals surface area (Å²) < 4.78 is 9.14. The standard InChI is InChI=1S/C13H16N2O5/c1-19-11(16)3-4-12(17)20-8-2-6-15-13(18)10-5-7-14-9-10/h3-5,7,9,14H,2,6,8H2,1H3,(H,15,18)/b4-3+. The van der Waals surface area contributed by atoms with Crippen molar-refractivity contribution in [2.45, 2.75) is 6.42 Å². The molecule has 0 aliphatic rings. The van der Waals surface area contributed by atoms with Crippen LogP contribution >= 0.6 is 0 Å². The second kappa shape index (κ2) is 8.52. The second-order valence-corrected chi connectivity index (χ2v) is 3.73. The number of esters is 2. The fourth-order valence-electron chi connectivity index (χ4n) is 1.27. The molecule has 1 aromatic rings. The molecule has 7 heteroatoms. The van der Waals surface area contributed by atoms with Crippen LogP contribution < -0.4 is 5.32 Å². The number of nitrogens with one attached hydrogen (secondary N) is 2. The molecule has 1 rings (SSSR count). The van der Waals surface area contributed by atoms with E-state index in [0.29, 0.717) is 18.5 Å². The Kier molecular flexibility index (Phi) is 6.60. The van der Waals surface area contributed by atoms with E-state index >= 15 is 0 Å². The number of hydrogen-bond acceptors (Lipinski definition) is 5. The lowest BCUT2D eigenvalue weighted by Crippen LogP contribution is -2.25. The summed E-state index contributed by atoms with van der Waals surface area (Å²) in [5.74, 6) is -1.45. The molecule has 1 heterocycles. The number of carbonyl (C=O) groups is 3. The third kappa shape index (κ3) is 5.85. The fraction of sp³-hybridized carbons (Fsp3) is 0.308. The van der Waals surface area contributed by atoms with Gasteiger partial charge in [0.05, 0.1) is 19.3 Å². The molecule has 1 aromatic heterocycles. The molecule has 0 saturated heterocycles. The van der Waals surface area contributed by atoms with Crippen molar-refractivity contribution in [3.63, 3.8) is 0 Å². The molecule has 7 nitrogen and oxygen atoms in total. The highest BCUT2D eigenvalue weighted by Crippen LogP contribution is 1.95. The summed E-state index contributed by atoms with van der Waals surface area (Å²) in [5, 5.41) is 2.68. The van der Waals surface area contributed by atoms with E-state index in [1.54, 1.807) is 18.5 Å². The van der Waals surface area contributed by atoms with Gasteiger partial charge in [0.25, 0.3) is 5.91 Å². The predicted octanol–water partition coefficient (Wildman–Crippen LogP) is 0.407. The molecule has 0 bridgehead atoms. The van der Waals surface area contributed by atoms with E-state index in [-0.39, 0.29) is 12.5 Å². The molecule has 0 spiro atoms. The average Bonchev–Trinajstić information content (AvgIpc) is 2.98. The molecule has 0 aromatic carbocycles. The van der Waals surface area contributed by atoms with E-state index < -0.39 is 11.9 Å². The molecule has 0 radical (unpaired) electrons. The number of rotatable bonds is 7. The number of H-pyrrole nitrogens is 1. The third-order valence-electron chi connectivity index (χ3n) is 2.27. The lowest BCUT2D eigenvalue weighted by Gasteiger charge is -2.04. The van der Waals surface area contributed by atoms with Gasteiger partial charge in [0.15, 0.2) is 0 Å². The quantitative estimate of drug-likeness (QED) is 0.428. The van der Waals surface area contributed by atoms with Crippen LogP contribution in [-0.2, 0) is 19.1 Å². The Bertz CT molecular complexity index is 479. The van der Waals surface area contributed by atoms with Crippen LogP contribution in [0.3, 0.4) is 0 Å². The van der Waals surface area contributed by atoms with Crippen LogP contribution in [0.2, 0.25) is 0 Å². The van der Waals surface area contributed by atoms with Crippen molar-refractivity contribution in [2.75, 3.05) is 20.3 Å². The van der Waals surface area contributed by atoms with Crippen molar-refractivity contribution in [1.29, 1.82) is 0 Å². The SMILES string of the molecule is COC(=O)/C=C/C(=O)OCCCNC(=O)c1cc[nH]c1. The Morgan fingerprint density at radius 2 is 2.05 bits per heavy atom. The molecule has 20 heavy (non-hydrogen) atoms. The summed E-state index contributed by atoms with van der Waals surface area (Å²) in [6.45, 7) is 0.537. The normalized spacial score (nSPS) is 10.2. The van der Waals surface area contributed by atoms with Gasteiger partial charge in [-0.05, 0) is 12.5 Å². The van der Waals surface area contributed by atoms with Crippen LogP contribution in [0.4, 0.5) is 0 Å². The zero-order chi connectivity index (χ0) is 14.8. The van der Waals surface area contributed by atoms with Gasteiger partial charge in [0.1, 0.15) is 0 Å². The van der Waals surface area contributed by atoms with Crippen molar-refractivity contribution in [1.82, 2.24) is 10.3 Å². The third-order valence-corrected chi connectivity index (χ3v) is 2.27. The molecule has 108 valence electrons. The number of methoxy groups -OCH3 is 1. The minimum absolute atomic E-state index is 0.151. The fourth-order valence-corrected chi connectivity index (χ4v) is 1.27. The van der Waals surface area contributed by atoms with Crippen molar-refractivity contribution in [3.05, 3.63) is 36.2 Å². The highest BCUT2D eigenvalue weighted by molar-refractivity contribution is 5.94. The van der Waals surface area contributed by atoms with Crippen molar-refractivity contribution >= 4 is 17.8 Å². The topological polar surface area (TPSA) is 97.5 Å². The summed E-state index contributed by atoms with van der Waals surface area (Å²) in [4.78, 5) is 36.1. The summed E-state index contributed by atoms with van der Waals surface area (Å²) in [5.41, 5.74) is 0.544. The maximum absolute atomic E-state index is 11.5. The van der Waals surface area contributed by atoms with E-state index in [1.165, 1.54) is 7.11 Å². The number of ether oxygens (including phenoxy) is 2. The van der Waals surface area contributed by atoms with Crippen LogP contribution in [0.15, 0.2) is 30.6 Å². The lowest BCUT2D eigenvalue weighted by molar-refractivity contribution is -0.139. The van der Waals surface area contributed by atoms with E-state index in [9.17, 15) is 14.4 Å². The maximum atomic E-state index is 11.5. The largest absolute Gasteiger partial charge is 0.466 e. The molecule has 0 fully saturated rings. The van der Waals surface area contributed by atoms with Crippen LogP contribution in [0, 0.1) is 0 Å². The summed E-state index contributed by atoms with van der Waals surface area (Å²) in [7, 11) is 1.21. The maximum Gasteiger partial charge on any atom is 0.331 e. The van der Waals surface area contributed by atoms with E-state index in [4.69, 9.17) is 4.74 Å². The molecule has 0 saturated carbocycles. The van der Waals surface area contributed by atoms with Gasteiger partial charge >= 0.3 is 11.9 Å². The Morgan fingerprint density at radius 3 is 2.70 bits per heavy atom. The van der Waals surface area contributed by atoms with Gasteiger partial charge in [-0.1, -0.05) is 0 Å². The Labute approximate surface area is 115 Å². The van der Waals surface area contributed by atoms with Gasteiger partial charge in [0, 0.05) is 31.1 Å². The highest BCUT2D eigenvalue weighted by atomic mass is 16.5. The Hall–Kier alpha value is -2.57. The van der Waals surface area contributed by atoms with E-state index in [0.717, 1.165) is 12.2 Å². The van der Waals surface area contributed by atoms with Gasteiger partial charge in [-0.15, -0.1) is 0 Å². The van der Waals surface area contributed by atoms with Crippen LogP contribution in [0.25, 0.3) is 0 Å². The van der Waals surface area contributed by atoms with Gasteiger partial charge in [0.2, 0.25) is 0 Å². The molecular weight excluding hydrogens is 264 g/mol. The van der Waals surface area contributed by atoms with Crippen LogP contribution in [0.5, 0.6) is 0 Å². The molecule has 1 amide bonds. The molecule has 0 aliphatic heterocycles. The van der Waals surface area contributed by atoms with Crippen molar-refractivity contribution < 1.29 is 23.9 Å². The molecule has 0 unspecified atom stereocenters. The predicted molar refractivity (Wildman–Crippen MR) is 69.9 cm³/mol. The number of aromatic amines is 1. The van der Waals surface area contributed by atoms with Crippen LogP contribution in [0.1, 0.15) is 16.8 Å². The van der Waals surface area contributed by atoms with Crippen molar-refractivity contribution in [3.8, 4) is 0 Å². The zero-order valence-corrected chi connectivity index (χ0v) is 11.0. The summed E-state index contributed by atoms with van der Waals surface area (Å²) in [6, 6.07) is 1.66. The number of aromatic nitrogens is 1. The lowest BCUT2D eigenvalue weighted by atomic mass is 10.3. The first-order chi connectivity index (χ1) is 9.63. The monoisotopic (exact) mass is 280 g/mol. The number of amides is 1. The smallest absolute Gasteiger partial charge is 0.331 e. The zero-order valence-electron chi connectivity index (χ0n) is 11.0. The van der Waals surface area contributed by atoms with E-state index in [2.05, 4.69) is 15.0 Å². The van der Waals surface area contributed by atoms with Gasteiger partial charge in [-0.2, -0.15) is 0 Å². The molecule has 0 aliphatic carbocycles.